The van der Waals surface area contributed by atoms with Crippen molar-refractivity contribution in [1.29, 1.82) is 0 Å². The predicted molar refractivity (Wildman–Crippen MR) is 150 cm³/mol. The minimum absolute atomic E-state index is 0.000397. The van der Waals surface area contributed by atoms with Gasteiger partial charge in [-0.25, -0.2) is 13.2 Å². The van der Waals surface area contributed by atoms with Gasteiger partial charge in [-0.2, -0.15) is 4.72 Å². The maximum Gasteiger partial charge on any atom is 0.323 e. The molecule has 200 valence electrons. The molecule has 39 heavy (non-hydrogen) atoms. The average Bonchev–Trinajstić information content (AvgIpc) is 2.90. The van der Waals surface area contributed by atoms with E-state index in [4.69, 9.17) is 11.6 Å². The van der Waals surface area contributed by atoms with E-state index in [1.165, 1.54) is 18.2 Å². The number of sulfonamides is 1. The van der Waals surface area contributed by atoms with Gasteiger partial charge in [-0.05, 0) is 72.0 Å². The molecule has 0 spiro atoms. The van der Waals surface area contributed by atoms with E-state index in [1.807, 2.05) is 31.2 Å². The van der Waals surface area contributed by atoms with Gasteiger partial charge >= 0.3 is 12.0 Å². The molecule has 11 heteroatoms. The lowest BCUT2D eigenvalue weighted by molar-refractivity contribution is -0.138. The van der Waals surface area contributed by atoms with Crippen LogP contribution in [0.3, 0.4) is 0 Å². The fourth-order valence-corrected chi connectivity index (χ4v) is 5.60. The molecular weight excluding hydrogens is 540 g/mol. The van der Waals surface area contributed by atoms with Crippen LogP contribution in [0.25, 0.3) is 11.1 Å². The van der Waals surface area contributed by atoms with Crippen LogP contribution in [-0.4, -0.2) is 36.6 Å². The summed E-state index contributed by atoms with van der Waals surface area (Å²) in [6.07, 6.45) is 3.08. The summed E-state index contributed by atoms with van der Waals surface area (Å²) in [6.45, 7) is 1.94. The number of amides is 2. The van der Waals surface area contributed by atoms with Gasteiger partial charge in [0.25, 0.3) is 0 Å². The molecule has 4 rings (SSSR count). The molecule has 0 aliphatic rings. The fraction of sp³-hybridized carbons (Fsp3) is 0.107. The van der Waals surface area contributed by atoms with E-state index in [0.29, 0.717) is 16.9 Å². The van der Waals surface area contributed by atoms with Crippen molar-refractivity contribution in [3.63, 3.8) is 0 Å². The van der Waals surface area contributed by atoms with Crippen LogP contribution in [0.1, 0.15) is 11.1 Å². The van der Waals surface area contributed by atoms with Crippen LogP contribution < -0.4 is 15.4 Å². The van der Waals surface area contributed by atoms with Gasteiger partial charge < -0.3 is 15.7 Å². The predicted octanol–water partition coefficient (Wildman–Crippen LogP) is 5.33. The van der Waals surface area contributed by atoms with Gasteiger partial charge in [-0.15, -0.1) is 0 Å². The third-order valence-electron chi connectivity index (χ3n) is 5.86. The molecule has 0 saturated carbocycles. The van der Waals surface area contributed by atoms with Gasteiger partial charge in [0, 0.05) is 23.8 Å². The monoisotopic (exact) mass is 564 g/mol. The van der Waals surface area contributed by atoms with Crippen molar-refractivity contribution in [2.45, 2.75) is 24.3 Å². The van der Waals surface area contributed by atoms with Crippen molar-refractivity contribution in [2.75, 3.05) is 10.6 Å². The summed E-state index contributed by atoms with van der Waals surface area (Å²) in [6, 6.07) is 20.0. The Morgan fingerprint density at radius 3 is 2.26 bits per heavy atom. The third kappa shape index (κ3) is 7.20. The SMILES string of the molecule is Cc1ccc(NC(=O)Nc2ccncc2)cc1-c1ccc(CC(NS(=O)(=O)c2ccccc2Cl)C(=O)O)cc1. The Morgan fingerprint density at radius 1 is 0.923 bits per heavy atom. The van der Waals surface area contributed by atoms with Crippen molar-refractivity contribution >= 4 is 45.0 Å². The van der Waals surface area contributed by atoms with Crippen LogP contribution in [-0.2, 0) is 21.2 Å². The van der Waals surface area contributed by atoms with Crippen LogP contribution in [0.4, 0.5) is 16.2 Å². The van der Waals surface area contributed by atoms with Crippen molar-refractivity contribution in [3.8, 4) is 11.1 Å². The summed E-state index contributed by atoms with van der Waals surface area (Å²) in [5.74, 6) is -1.31. The summed E-state index contributed by atoms with van der Waals surface area (Å²) in [5, 5.41) is 15.2. The van der Waals surface area contributed by atoms with Gasteiger partial charge in [0.15, 0.2) is 0 Å². The largest absolute Gasteiger partial charge is 0.480 e. The van der Waals surface area contributed by atoms with Crippen LogP contribution in [0.2, 0.25) is 5.02 Å². The van der Waals surface area contributed by atoms with E-state index in [1.54, 1.807) is 48.8 Å². The molecule has 1 heterocycles. The standard InChI is InChI=1S/C28H25ClN4O5S/c1-18-6-11-22(32-28(36)31-21-12-14-30-15-13-21)17-23(18)20-9-7-19(8-10-20)16-25(27(34)35)33-39(37,38)26-5-3-2-4-24(26)29/h2-15,17,25,33H,16H2,1H3,(H,34,35)(H2,30,31,32,36). The van der Waals surface area contributed by atoms with E-state index >= 15 is 0 Å². The topological polar surface area (TPSA) is 137 Å². The Labute approximate surface area is 230 Å². The first-order valence-electron chi connectivity index (χ1n) is 11.8. The lowest BCUT2D eigenvalue weighted by atomic mass is 9.97. The molecule has 0 aliphatic carbocycles. The number of pyridine rings is 1. The number of carboxylic acid groups (broad SMARTS) is 1. The molecule has 1 unspecified atom stereocenters. The molecular formula is C28H25ClN4O5S. The molecule has 0 bridgehead atoms. The van der Waals surface area contributed by atoms with E-state index < -0.39 is 28.1 Å². The number of aromatic nitrogens is 1. The molecule has 0 fully saturated rings. The number of rotatable bonds is 9. The molecule has 1 atom stereocenters. The summed E-state index contributed by atoms with van der Waals surface area (Å²) in [5.41, 5.74) is 4.51. The van der Waals surface area contributed by atoms with E-state index in [0.717, 1.165) is 16.7 Å². The number of anilines is 2. The van der Waals surface area contributed by atoms with Crippen molar-refractivity contribution in [3.05, 3.63) is 107 Å². The number of carbonyl (C=O) groups excluding carboxylic acids is 1. The Balaban J connectivity index is 1.47. The van der Waals surface area contributed by atoms with Crippen LogP contribution >= 0.6 is 11.6 Å². The first-order chi connectivity index (χ1) is 18.6. The second-order valence-corrected chi connectivity index (χ2v) is 10.8. The highest BCUT2D eigenvalue weighted by Crippen LogP contribution is 2.28. The van der Waals surface area contributed by atoms with Gasteiger partial charge in [0.1, 0.15) is 10.9 Å². The van der Waals surface area contributed by atoms with Gasteiger partial charge in [-0.3, -0.25) is 9.78 Å². The summed E-state index contributed by atoms with van der Waals surface area (Å²) in [4.78, 5) is 28.0. The Morgan fingerprint density at radius 2 is 1.59 bits per heavy atom. The highest BCUT2D eigenvalue weighted by molar-refractivity contribution is 7.89. The minimum Gasteiger partial charge on any atom is -0.480 e. The third-order valence-corrected chi connectivity index (χ3v) is 7.83. The number of aliphatic carboxylic acids is 1. The molecule has 0 saturated heterocycles. The number of carboxylic acids is 1. The second-order valence-electron chi connectivity index (χ2n) is 8.69. The number of aryl methyl sites for hydroxylation is 1. The second kappa shape index (κ2) is 12.1. The van der Waals surface area contributed by atoms with Crippen molar-refractivity contribution in [2.24, 2.45) is 0 Å². The van der Waals surface area contributed by atoms with Gasteiger partial charge in [-0.1, -0.05) is 54.1 Å². The zero-order valence-electron chi connectivity index (χ0n) is 20.8. The highest BCUT2D eigenvalue weighted by Gasteiger charge is 2.27. The maximum atomic E-state index is 12.7. The smallest absolute Gasteiger partial charge is 0.323 e. The molecule has 0 radical (unpaired) electrons. The molecule has 2 amide bonds. The molecule has 9 nitrogen and oxygen atoms in total. The first-order valence-corrected chi connectivity index (χ1v) is 13.7. The Hall–Kier alpha value is -4.25. The van der Waals surface area contributed by atoms with E-state index in [-0.39, 0.29) is 16.3 Å². The number of nitrogens with zero attached hydrogens (tertiary/aromatic N) is 1. The number of benzene rings is 3. The lowest BCUT2D eigenvalue weighted by Crippen LogP contribution is -2.42. The molecule has 0 aliphatic heterocycles. The Bertz CT molecular complexity index is 1600. The number of hydrogen-bond donors (Lipinski definition) is 4. The zero-order chi connectivity index (χ0) is 28.0. The van der Waals surface area contributed by atoms with Gasteiger partial charge in [0.05, 0.1) is 5.02 Å². The van der Waals surface area contributed by atoms with Crippen LogP contribution in [0, 0.1) is 6.92 Å². The summed E-state index contributed by atoms with van der Waals surface area (Å²) < 4.78 is 27.7. The van der Waals surface area contributed by atoms with Gasteiger partial charge in [0.2, 0.25) is 10.0 Å². The summed E-state index contributed by atoms with van der Waals surface area (Å²) in [7, 11) is -4.15. The quantitative estimate of drug-likeness (QED) is 0.217. The number of nitrogens with one attached hydrogen (secondary N) is 3. The number of urea groups is 1. The van der Waals surface area contributed by atoms with Crippen LogP contribution in [0.5, 0.6) is 0 Å². The summed E-state index contributed by atoms with van der Waals surface area (Å²) >= 11 is 6.00. The zero-order valence-corrected chi connectivity index (χ0v) is 22.3. The number of carbonyl (C=O) groups is 2. The maximum absolute atomic E-state index is 12.7. The highest BCUT2D eigenvalue weighted by atomic mass is 35.5. The minimum atomic E-state index is -4.15. The lowest BCUT2D eigenvalue weighted by Gasteiger charge is -2.16. The fourth-order valence-electron chi connectivity index (χ4n) is 3.89. The number of halogens is 1. The van der Waals surface area contributed by atoms with Crippen molar-refractivity contribution < 1.29 is 23.1 Å². The molecule has 4 N–H and O–H groups in total. The normalized spacial score (nSPS) is 11.9. The molecule has 4 aromatic rings. The van der Waals surface area contributed by atoms with E-state index in [9.17, 15) is 23.1 Å². The Kier molecular flexibility index (Phi) is 8.60. The van der Waals surface area contributed by atoms with Crippen LogP contribution in [0.15, 0.2) is 96.2 Å². The molecule has 3 aromatic carbocycles. The molecule has 1 aromatic heterocycles. The average molecular weight is 565 g/mol. The number of hydrogen-bond acceptors (Lipinski definition) is 5. The van der Waals surface area contributed by atoms with Crippen molar-refractivity contribution in [1.82, 2.24) is 9.71 Å². The first kappa shape index (κ1) is 27.8. The van der Waals surface area contributed by atoms with E-state index in [2.05, 4.69) is 20.3 Å².